The Morgan fingerprint density at radius 3 is 2.37 bits per heavy atom. The van der Waals surface area contributed by atoms with Crippen LogP contribution in [0.5, 0.6) is 5.75 Å². The number of nitrogens with one attached hydrogen (secondary N) is 1. The van der Waals surface area contributed by atoms with Gasteiger partial charge in [-0.2, -0.15) is 0 Å². The summed E-state index contributed by atoms with van der Waals surface area (Å²) in [6.45, 7) is 0.239. The van der Waals surface area contributed by atoms with Gasteiger partial charge in [-0.05, 0) is 45.8 Å². The number of hydrogen-bond acceptors (Lipinski definition) is 4. The lowest BCUT2D eigenvalue weighted by atomic mass is 10.1. The third-order valence-electron chi connectivity index (χ3n) is 4.04. The Kier molecular flexibility index (Phi) is 6.41. The van der Waals surface area contributed by atoms with Crippen molar-refractivity contribution < 1.29 is 32.6 Å². The highest BCUT2D eigenvalue weighted by Crippen LogP contribution is 2.29. The Balaban J connectivity index is 1.62. The van der Waals surface area contributed by atoms with Crippen LogP contribution in [0.15, 0.2) is 60.0 Å². The lowest BCUT2D eigenvalue weighted by molar-refractivity contribution is -0.274. The minimum absolute atomic E-state index is 0.0944. The Hall–Kier alpha value is -3.33. The van der Waals surface area contributed by atoms with E-state index in [4.69, 9.17) is 5.11 Å². The smallest absolute Gasteiger partial charge is 0.481 e. The zero-order chi connectivity index (χ0) is 21.7. The summed E-state index contributed by atoms with van der Waals surface area (Å²) in [5.41, 5.74) is 2.78. The standard InChI is InChI=1S/C21H16F3NO4S/c22-21(23,24)29-17-6-4-15(5-7-17)16-10-18(30-12-16)20(28)25-11-14-3-1-2-13(8-14)9-19(26)27/h1-8,10,12H,9,11H2,(H,25,28)(H,26,27). The highest BCUT2D eigenvalue weighted by Gasteiger charge is 2.31. The molecule has 0 radical (unpaired) electrons. The van der Waals surface area contributed by atoms with Crippen molar-refractivity contribution >= 4 is 23.2 Å². The maximum atomic E-state index is 12.4. The van der Waals surface area contributed by atoms with Gasteiger partial charge >= 0.3 is 12.3 Å². The van der Waals surface area contributed by atoms with Crippen molar-refractivity contribution in [1.29, 1.82) is 0 Å². The first kappa shape index (κ1) is 21.4. The number of hydrogen-bond donors (Lipinski definition) is 2. The van der Waals surface area contributed by atoms with Crippen molar-refractivity contribution in [2.24, 2.45) is 0 Å². The molecule has 0 saturated carbocycles. The molecule has 0 unspecified atom stereocenters. The van der Waals surface area contributed by atoms with Crippen LogP contribution in [0.4, 0.5) is 13.2 Å². The summed E-state index contributed by atoms with van der Waals surface area (Å²) < 4.78 is 40.6. The normalized spacial score (nSPS) is 11.2. The molecule has 1 heterocycles. The fraction of sp³-hybridized carbons (Fsp3) is 0.143. The van der Waals surface area contributed by atoms with Crippen LogP contribution >= 0.6 is 11.3 Å². The minimum atomic E-state index is -4.75. The first-order valence-corrected chi connectivity index (χ1v) is 9.60. The first-order chi connectivity index (χ1) is 14.2. The van der Waals surface area contributed by atoms with Crippen LogP contribution in [0.3, 0.4) is 0 Å². The molecule has 156 valence electrons. The van der Waals surface area contributed by atoms with Crippen molar-refractivity contribution in [3.63, 3.8) is 0 Å². The fourth-order valence-corrected chi connectivity index (χ4v) is 3.58. The molecule has 2 N–H and O–H groups in total. The minimum Gasteiger partial charge on any atom is -0.481 e. The van der Waals surface area contributed by atoms with Crippen LogP contribution in [0.2, 0.25) is 0 Å². The number of amides is 1. The number of aliphatic carboxylic acids is 1. The van der Waals surface area contributed by atoms with Crippen LogP contribution < -0.4 is 10.1 Å². The highest BCUT2D eigenvalue weighted by molar-refractivity contribution is 7.12. The monoisotopic (exact) mass is 435 g/mol. The molecular formula is C21H16F3NO4S. The van der Waals surface area contributed by atoms with Gasteiger partial charge in [0, 0.05) is 6.54 Å². The van der Waals surface area contributed by atoms with Crippen LogP contribution in [0, 0.1) is 0 Å². The maximum absolute atomic E-state index is 12.4. The van der Waals surface area contributed by atoms with Crippen molar-refractivity contribution in [2.45, 2.75) is 19.3 Å². The molecule has 3 rings (SSSR count). The van der Waals surface area contributed by atoms with E-state index in [0.29, 0.717) is 21.6 Å². The van der Waals surface area contributed by atoms with Gasteiger partial charge in [-0.1, -0.05) is 36.4 Å². The average Bonchev–Trinajstić information content (AvgIpc) is 3.15. The SMILES string of the molecule is O=C(O)Cc1cccc(CNC(=O)c2cc(-c3ccc(OC(F)(F)F)cc3)cs2)c1. The van der Waals surface area contributed by atoms with Crippen LogP contribution in [-0.4, -0.2) is 23.3 Å². The van der Waals surface area contributed by atoms with Gasteiger partial charge in [0.25, 0.3) is 5.91 Å². The summed E-state index contributed by atoms with van der Waals surface area (Å²) in [5, 5.41) is 13.4. The van der Waals surface area contributed by atoms with E-state index in [1.807, 2.05) is 0 Å². The van der Waals surface area contributed by atoms with Gasteiger partial charge in [-0.25, -0.2) is 0 Å². The number of benzene rings is 2. The summed E-state index contributed by atoms with van der Waals surface area (Å²) >= 11 is 1.21. The second-order valence-corrected chi connectivity index (χ2v) is 7.26. The van der Waals surface area contributed by atoms with E-state index in [2.05, 4.69) is 10.1 Å². The Morgan fingerprint density at radius 1 is 1.00 bits per heavy atom. The number of ether oxygens (including phenoxy) is 1. The second kappa shape index (κ2) is 9.00. The predicted molar refractivity (Wildman–Crippen MR) is 105 cm³/mol. The highest BCUT2D eigenvalue weighted by atomic mass is 32.1. The van der Waals surface area contributed by atoms with Crippen molar-refractivity contribution in [3.05, 3.63) is 76.0 Å². The number of carbonyl (C=O) groups excluding carboxylic acids is 1. The molecule has 0 aliphatic carbocycles. The largest absolute Gasteiger partial charge is 0.573 e. The van der Waals surface area contributed by atoms with Gasteiger partial charge in [0.1, 0.15) is 5.75 Å². The number of carboxylic acid groups (broad SMARTS) is 1. The van der Waals surface area contributed by atoms with Gasteiger partial charge in [-0.15, -0.1) is 24.5 Å². The average molecular weight is 435 g/mol. The zero-order valence-electron chi connectivity index (χ0n) is 15.4. The van der Waals surface area contributed by atoms with Gasteiger partial charge in [0.15, 0.2) is 0 Å². The number of thiophene rings is 1. The summed E-state index contributed by atoms with van der Waals surface area (Å²) in [6, 6.07) is 14.0. The molecule has 3 aromatic rings. The lowest BCUT2D eigenvalue weighted by Crippen LogP contribution is -2.21. The molecule has 0 aliphatic heterocycles. The van der Waals surface area contributed by atoms with Crippen LogP contribution in [0.1, 0.15) is 20.8 Å². The molecule has 0 aliphatic rings. The van der Waals surface area contributed by atoms with Gasteiger partial charge in [-0.3, -0.25) is 9.59 Å². The topological polar surface area (TPSA) is 75.6 Å². The zero-order valence-corrected chi connectivity index (χ0v) is 16.2. The van der Waals surface area contributed by atoms with E-state index in [-0.39, 0.29) is 24.6 Å². The van der Waals surface area contributed by atoms with Gasteiger partial charge < -0.3 is 15.2 Å². The molecule has 0 saturated heterocycles. The number of carboxylic acids is 1. The number of alkyl halides is 3. The Bertz CT molecular complexity index is 1040. The third kappa shape index (κ3) is 6.08. The van der Waals surface area contributed by atoms with Gasteiger partial charge in [0.2, 0.25) is 0 Å². The van der Waals surface area contributed by atoms with Crippen molar-refractivity contribution in [3.8, 4) is 16.9 Å². The van der Waals surface area contributed by atoms with Crippen molar-refractivity contribution in [2.75, 3.05) is 0 Å². The molecule has 0 spiro atoms. The number of halogens is 3. The molecule has 0 atom stereocenters. The number of carbonyl (C=O) groups is 2. The second-order valence-electron chi connectivity index (χ2n) is 6.34. The van der Waals surface area contributed by atoms with Crippen LogP contribution in [-0.2, 0) is 17.8 Å². The molecule has 0 fully saturated rings. The molecule has 1 amide bonds. The molecule has 9 heteroatoms. The molecule has 30 heavy (non-hydrogen) atoms. The fourth-order valence-electron chi connectivity index (χ4n) is 2.75. The van der Waals surface area contributed by atoms with E-state index >= 15 is 0 Å². The predicted octanol–water partition coefficient (Wildman–Crippen LogP) is 4.87. The number of rotatable bonds is 7. The molecule has 1 aromatic heterocycles. The van der Waals surface area contributed by atoms with E-state index < -0.39 is 12.3 Å². The lowest BCUT2D eigenvalue weighted by Gasteiger charge is -2.08. The molecule has 2 aromatic carbocycles. The van der Waals surface area contributed by atoms with E-state index in [0.717, 1.165) is 5.56 Å². The summed E-state index contributed by atoms with van der Waals surface area (Å²) in [5.74, 6) is -1.54. The molecule has 5 nitrogen and oxygen atoms in total. The van der Waals surface area contributed by atoms with E-state index in [1.165, 1.54) is 35.6 Å². The van der Waals surface area contributed by atoms with E-state index in [9.17, 15) is 22.8 Å². The van der Waals surface area contributed by atoms with Crippen molar-refractivity contribution in [1.82, 2.24) is 5.32 Å². The quantitative estimate of drug-likeness (QED) is 0.555. The first-order valence-electron chi connectivity index (χ1n) is 8.72. The Morgan fingerprint density at radius 2 is 1.70 bits per heavy atom. The molecular weight excluding hydrogens is 419 g/mol. The van der Waals surface area contributed by atoms with Gasteiger partial charge in [0.05, 0.1) is 11.3 Å². The third-order valence-corrected chi connectivity index (χ3v) is 4.97. The van der Waals surface area contributed by atoms with Crippen LogP contribution in [0.25, 0.3) is 11.1 Å². The summed E-state index contributed by atoms with van der Waals surface area (Å²) in [7, 11) is 0. The summed E-state index contributed by atoms with van der Waals surface area (Å²) in [4.78, 5) is 23.6. The maximum Gasteiger partial charge on any atom is 0.573 e. The molecule has 0 bridgehead atoms. The van der Waals surface area contributed by atoms with E-state index in [1.54, 1.807) is 35.7 Å². The Labute approximate surface area is 173 Å². The summed E-state index contributed by atoms with van der Waals surface area (Å²) in [6.07, 6.45) is -4.84.